The second kappa shape index (κ2) is 12.2. The summed E-state index contributed by atoms with van der Waals surface area (Å²) in [5.41, 5.74) is -1.78. The third-order valence-corrected chi connectivity index (χ3v) is 9.71. The lowest BCUT2D eigenvalue weighted by Gasteiger charge is -2.46. The van der Waals surface area contributed by atoms with E-state index >= 15 is 0 Å². The minimum Gasteiger partial charge on any atom is -0.509 e. The molecule has 254 valence electrons. The van der Waals surface area contributed by atoms with Crippen molar-refractivity contribution >= 4 is 34.3 Å². The van der Waals surface area contributed by atoms with Crippen LogP contribution in [0.5, 0.6) is 11.5 Å². The van der Waals surface area contributed by atoms with Gasteiger partial charge in [0, 0.05) is 52.0 Å². The van der Waals surface area contributed by atoms with Crippen molar-refractivity contribution in [3.05, 3.63) is 88.4 Å². The van der Waals surface area contributed by atoms with Crippen LogP contribution in [0.4, 0.5) is 22.0 Å². The molecule has 3 aliphatic rings. The van der Waals surface area contributed by atoms with Crippen LogP contribution >= 0.6 is 22.6 Å². The first kappa shape index (κ1) is 34.0. The zero-order chi connectivity index (χ0) is 34.8. The number of hydrogen-bond donors (Lipinski definition) is 2. The highest BCUT2D eigenvalue weighted by Crippen LogP contribution is 2.46. The summed E-state index contributed by atoms with van der Waals surface area (Å²) in [6.45, 7) is 2.21. The highest BCUT2D eigenvalue weighted by Gasteiger charge is 2.56. The zero-order valence-electron chi connectivity index (χ0n) is 25.9. The molecule has 2 saturated heterocycles. The van der Waals surface area contributed by atoms with Crippen molar-refractivity contribution in [2.24, 2.45) is 0 Å². The predicted octanol–water partition coefficient (Wildman–Crippen LogP) is 6.47. The predicted molar refractivity (Wildman–Crippen MR) is 171 cm³/mol. The molecule has 2 fully saturated rings. The molecule has 0 radical (unpaired) electrons. The fraction of sp³-hybridized carbons (Fsp3) is 0.364. The van der Waals surface area contributed by atoms with Crippen molar-refractivity contribution in [2.45, 2.75) is 54.0 Å². The van der Waals surface area contributed by atoms with Crippen LogP contribution in [0.3, 0.4) is 0 Å². The first-order valence-corrected chi connectivity index (χ1v) is 16.0. The van der Waals surface area contributed by atoms with Crippen LogP contribution in [-0.4, -0.2) is 64.1 Å². The summed E-state index contributed by atoms with van der Waals surface area (Å²) in [4.78, 5) is 31.7. The van der Waals surface area contributed by atoms with Gasteiger partial charge in [0.15, 0.2) is 5.78 Å². The molecule has 0 aliphatic carbocycles. The van der Waals surface area contributed by atoms with Crippen molar-refractivity contribution in [1.29, 1.82) is 0 Å². The Morgan fingerprint density at radius 3 is 2.48 bits per heavy atom. The Morgan fingerprint density at radius 2 is 1.85 bits per heavy atom. The van der Waals surface area contributed by atoms with E-state index in [1.54, 1.807) is 30.1 Å². The number of hydrogen-bond acceptors (Lipinski definition) is 8. The number of carbonyl (C=O) groups excluding carboxylic acids is 2. The molecule has 4 heterocycles. The van der Waals surface area contributed by atoms with E-state index in [4.69, 9.17) is 9.47 Å². The molecule has 2 N–H and O–H groups in total. The van der Waals surface area contributed by atoms with Crippen molar-refractivity contribution in [3.63, 3.8) is 0 Å². The standard InChI is InChI=1S/C33H30F5IN4O5/c1-31-11-4-12-43(31)42(16-18-13-20(47-2)7-9-23(18)48-3)30(46)25(29(31)45)28(44)27-26(41-27)21-8-6-19(33(37,38)39)14-22(21)17-5-10-24(40-15-17)32(34,35)36/h5-10,13-15,26-27,41,45H,4,11-12,16H2,1-3H3. The quantitative estimate of drug-likeness (QED) is 0.0835. The fourth-order valence-electron chi connectivity index (χ4n) is 6.50. The molecule has 2 aromatic carbocycles. The number of nitrogens with zero attached hydrogens (tertiary/aromatic N) is 3. The molecule has 48 heavy (non-hydrogen) atoms. The molecule has 0 spiro atoms. The van der Waals surface area contributed by atoms with Gasteiger partial charge in [0.2, 0.25) is 0 Å². The van der Waals surface area contributed by atoms with Crippen LogP contribution in [-0.2, 0) is 26.2 Å². The SMILES string of the molecule is COc1ccc(OC)c(CN2C(=O)C(C(=O)C3NC3c3ccc(C(F)(F)I)cc3-c3ccc(C(F)(F)F)nc3)=C(O)C3(C)CCCN23)c1. The number of alkyl halides is 6. The van der Waals surface area contributed by atoms with Gasteiger partial charge >= 0.3 is 10.1 Å². The Bertz CT molecular complexity index is 1810. The molecule has 1 aromatic heterocycles. The van der Waals surface area contributed by atoms with Gasteiger partial charge in [-0.3, -0.25) is 24.9 Å². The molecule has 0 bridgehead atoms. The highest BCUT2D eigenvalue weighted by atomic mass is 127. The molecule has 0 saturated carbocycles. The van der Waals surface area contributed by atoms with E-state index in [1.165, 1.54) is 31.4 Å². The summed E-state index contributed by atoms with van der Waals surface area (Å²) >= 11 is 0.956. The van der Waals surface area contributed by atoms with Crippen LogP contribution in [0.15, 0.2) is 66.1 Å². The van der Waals surface area contributed by atoms with Crippen LogP contribution in [0.25, 0.3) is 11.1 Å². The number of carbonyl (C=O) groups is 2. The Hall–Kier alpha value is -3.83. The number of ether oxygens (including phenoxy) is 2. The highest BCUT2D eigenvalue weighted by molar-refractivity contribution is 14.1. The number of halogens is 6. The summed E-state index contributed by atoms with van der Waals surface area (Å²) in [7, 11) is 3.00. The minimum atomic E-state index is -4.70. The first-order valence-electron chi connectivity index (χ1n) is 14.9. The number of methoxy groups -OCH3 is 2. The smallest absolute Gasteiger partial charge is 0.433 e. The molecule has 3 unspecified atom stereocenters. The van der Waals surface area contributed by atoms with Gasteiger partial charge in [-0.15, -0.1) is 0 Å². The summed E-state index contributed by atoms with van der Waals surface area (Å²) < 4.78 is 75.8. The molecule has 15 heteroatoms. The summed E-state index contributed by atoms with van der Waals surface area (Å²) in [6, 6.07) is 8.89. The number of nitrogens with one attached hydrogen (secondary N) is 1. The lowest BCUT2D eigenvalue weighted by molar-refractivity contribution is -0.160. The number of benzene rings is 2. The van der Waals surface area contributed by atoms with Crippen LogP contribution in [0, 0.1) is 0 Å². The second-order valence-electron chi connectivity index (χ2n) is 12.0. The van der Waals surface area contributed by atoms with Gasteiger partial charge in [-0.1, -0.05) is 18.2 Å². The van der Waals surface area contributed by atoms with Gasteiger partial charge in [-0.05, 0) is 61.2 Å². The summed E-state index contributed by atoms with van der Waals surface area (Å²) in [6.07, 6.45) is -2.65. The van der Waals surface area contributed by atoms with E-state index in [2.05, 4.69) is 10.3 Å². The van der Waals surface area contributed by atoms with Crippen molar-refractivity contribution < 1.29 is 46.1 Å². The summed E-state index contributed by atoms with van der Waals surface area (Å²) in [5.74, 6) is -0.752. The second-order valence-corrected chi connectivity index (χ2v) is 13.3. The van der Waals surface area contributed by atoms with E-state index in [1.807, 2.05) is 0 Å². The first-order chi connectivity index (χ1) is 22.6. The van der Waals surface area contributed by atoms with E-state index in [9.17, 15) is 36.6 Å². The fourth-order valence-corrected chi connectivity index (χ4v) is 6.83. The van der Waals surface area contributed by atoms with Crippen LogP contribution in [0.2, 0.25) is 0 Å². The molecule has 3 atom stereocenters. The third kappa shape index (κ3) is 6.00. The number of aliphatic hydroxyl groups is 1. The number of ketones is 1. The van der Waals surface area contributed by atoms with Gasteiger partial charge in [0.1, 0.15) is 28.5 Å². The number of hydrazine groups is 1. The third-order valence-electron chi connectivity index (χ3n) is 9.09. The maximum atomic E-state index is 14.3. The van der Waals surface area contributed by atoms with Gasteiger partial charge < -0.3 is 14.6 Å². The Kier molecular flexibility index (Phi) is 8.69. The molecular weight excluding hydrogens is 754 g/mol. The van der Waals surface area contributed by atoms with Gasteiger partial charge in [0.25, 0.3) is 5.91 Å². The lowest BCUT2D eigenvalue weighted by atomic mass is 9.87. The monoisotopic (exact) mass is 784 g/mol. The normalized spacial score (nSPS) is 22.9. The number of rotatable bonds is 9. The molecule has 9 nitrogen and oxygen atoms in total. The van der Waals surface area contributed by atoms with Crippen molar-refractivity contribution in [3.8, 4) is 22.6 Å². The number of fused-ring (bicyclic) bond motifs is 1. The number of aromatic nitrogens is 1. The average Bonchev–Trinajstić information content (AvgIpc) is 3.75. The number of Topliss-reactive ketones (excluding diaryl/α,β-unsaturated/α-hetero) is 1. The zero-order valence-corrected chi connectivity index (χ0v) is 28.0. The van der Waals surface area contributed by atoms with Crippen LogP contribution < -0.4 is 14.8 Å². The van der Waals surface area contributed by atoms with Crippen molar-refractivity contribution in [1.82, 2.24) is 20.3 Å². The molecule has 6 rings (SSSR count). The molecule has 1 amide bonds. The maximum Gasteiger partial charge on any atom is 0.433 e. The number of aliphatic hydroxyl groups excluding tert-OH is 1. The van der Waals surface area contributed by atoms with Gasteiger partial charge in [0.05, 0.1) is 38.4 Å². The topological polar surface area (TPSA) is 114 Å². The van der Waals surface area contributed by atoms with E-state index in [0.717, 1.165) is 47.0 Å². The maximum absolute atomic E-state index is 14.3. The molecule has 3 aromatic rings. The van der Waals surface area contributed by atoms with E-state index < -0.39 is 56.2 Å². The lowest BCUT2D eigenvalue weighted by Crippen LogP contribution is -2.60. The Labute approximate surface area is 285 Å². The van der Waals surface area contributed by atoms with Gasteiger partial charge in [-0.25, -0.2) is 5.01 Å². The summed E-state index contributed by atoms with van der Waals surface area (Å²) in [5, 5.41) is 17.7. The van der Waals surface area contributed by atoms with Gasteiger partial charge in [-0.2, -0.15) is 22.0 Å². The minimum absolute atomic E-state index is 0.0113. The van der Waals surface area contributed by atoms with E-state index in [0.29, 0.717) is 42.0 Å². The number of amides is 1. The molecule has 3 aliphatic heterocycles. The molecular formula is C33H30F5IN4O5. The van der Waals surface area contributed by atoms with E-state index in [-0.39, 0.29) is 23.4 Å². The Morgan fingerprint density at radius 1 is 1.10 bits per heavy atom. The van der Waals surface area contributed by atoms with Crippen molar-refractivity contribution in [2.75, 3.05) is 20.8 Å². The average molecular weight is 785 g/mol. The largest absolute Gasteiger partial charge is 0.509 e. The Balaban J connectivity index is 1.35. The number of pyridine rings is 1. The van der Waals surface area contributed by atoms with Crippen LogP contribution in [0.1, 0.15) is 48.2 Å².